The first-order valence-corrected chi connectivity index (χ1v) is 8.62. The minimum absolute atomic E-state index is 0.0591. The van der Waals surface area contributed by atoms with E-state index in [4.69, 9.17) is 10.5 Å². The Balaban J connectivity index is 1.68. The molecule has 0 spiro atoms. The van der Waals surface area contributed by atoms with Gasteiger partial charge in [-0.2, -0.15) is 0 Å². The van der Waals surface area contributed by atoms with Crippen LogP contribution in [-0.2, 0) is 19.2 Å². The van der Waals surface area contributed by atoms with Gasteiger partial charge in [0.1, 0.15) is 17.5 Å². The lowest BCUT2D eigenvalue weighted by Gasteiger charge is -2.28. The summed E-state index contributed by atoms with van der Waals surface area (Å²) in [5, 5.41) is 5.04. The summed E-state index contributed by atoms with van der Waals surface area (Å²) in [5.41, 5.74) is 6.06. The van der Waals surface area contributed by atoms with E-state index in [0.717, 1.165) is 17.4 Å². The van der Waals surface area contributed by atoms with Gasteiger partial charge in [0.2, 0.25) is 11.8 Å². The molecule has 2 aliphatic heterocycles. The number of benzene rings is 1. The average molecular weight is 372 g/mol. The van der Waals surface area contributed by atoms with Crippen molar-refractivity contribution in [1.82, 2.24) is 10.2 Å². The van der Waals surface area contributed by atoms with Crippen LogP contribution in [0.15, 0.2) is 36.0 Å². The van der Waals surface area contributed by atoms with Crippen molar-refractivity contribution in [2.24, 2.45) is 5.73 Å². The van der Waals surface area contributed by atoms with Gasteiger partial charge in [0.05, 0.1) is 6.61 Å². The Bertz CT molecular complexity index is 820. The second-order valence-electron chi connectivity index (χ2n) is 6.18. The number of nitrogens with zero attached hydrogens (tertiary/aromatic N) is 1. The van der Waals surface area contributed by atoms with Gasteiger partial charge in [-0.1, -0.05) is 6.07 Å². The minimum Gasteiger partial charge on any atom is -0.493 e. The summed E-state index contributed by atoms with van der Waals surface area (Å²) in [6.45, 7) is 1.00. The Labute approximate surface area is 155 Å². The molecule has 27 heavy (non-hydrogen) atoms. The van der Waals surface area contributed by atoms with Crippen molar-refractivity contribution < 1.29 is 23.9 Å². The third-order valence-electron chi connectivity index (χ3n) is 4.21. The number of nitrogens with two attached hydrogens (primary N) is 1. The molecular formula is C18H20N4O5. The van der Waals surface area contributed by atoms with Crippen molar-refractivity contribution in [1.29, 1.82) is 0 Å². The Morgan fingerprint density at radius 2 is 2.07 bits per heavy atom. The zero-order valence-corrected chi connectivity index (χ0v) is 14.6. The Hall–Kier alpha value is -3.20. The monoisotopic (exact) mass is 372 g/mol. The van der Waals surface area contributed by atoms with Gasteiger partial charge in [0, 0.05) is 24.3 Å². The fourth-order valence-corrected chi connectivity index (χ4v) is 2.89. The fraction of sp³-hybridized carbons (Fsp3) is 0.333. The van der Waals surface area contributed by atoms with E-state index >= 15 is 0 Å². The zero-order valence-electron chi connectivity index (χ0n) is 14.6. The van der Waals surface area contributed by atoms with Gasteiger partial charge >= 0.3 is 0 Å². The molecular weight excluding hydrogens is 352 g/mol. The maximum atomic E-state index is 12.6. The van der Waals surface area contributed by atoms with E-state index in [9.17, 15) is 19.2 Å². The fourth-order valence-electron chi connectivity index (χ4n) is 2.89. The molecule has 142 valence electrons. The van der Waals surface area contributed by atoms with E-state index in [1.165, 1.54) is 0 Å². The van der Waals surface area contributed by atoms with Crippen molar-refractivity contribution in [2.45, 2.75) is 25.3 Å². The van der Waals surface area contributed by atoms with Gasteiger partial charge < -0.3 is 15.8 Å². The lowest BCUT2D eigenvalue weighted by atomic mass is 10.0. The lowest BCUT2D eigenvalue weighted by molar-refractivity contribution is -0.149. The van der Waals surface area contributed by atoms with Crippen molar-refractivity contribution >= 4 is 29.3 Å². The highest BCUT2D eigenvalue weighted by molar-refractivity contribution is 6.20. The molecule has 1 fully saturated rings. The smallest absolute Gasteiger partial charge is 0.278 e. The number of nitrogens with one attached hydrogen (secondary N) is 2. The number of anilines is 1. The van der Waals surface area contributed by atoms with Crippen LogP contribution in [0.2, 0.25) is 0 Å². The van der Waals surface area contributed by atoms with E-state index in [0.29, 0.717) is 24.6 Å². The number of piperidine rings is 1. The summed E-state index contributed by atoms with van der Waals surface area (Å²) >= 11 is 0. The van der Waals surface area contributed by atoms with E-state index in [-0.39, 0.29) is 18.5 Å². The molecule has 1 atom stereocenters. The summed E-state index contributed by atoms with van der Waals surface area (Å²) in [5.74, 6) is -1.64. The van der Waals surface area contributed by atoms with Crippen LogP contribution in [0, 0.1) is 0 Å². The Morgan fingerprint density at radius 1 is 1.26 bits per heavy atom. The number of amides is 4. The zero-order chi connectivity index (χ0) is 19.4. The predicted octanol–water partition coefficient (Wildman–Crippen LogP) is -0.116. The molecule has 0 aromatic heterocycles. The second kappa shape index (κ2) is 8.00. The van der Waals surface area contributed by atoms with Crippen molar-refractivity contribution in [3.63, 3.8) is 0 Å². The van der Waals surface area contributed by atoms with Gasteiger partial charge in [-0.05, 0) is 31.5 Å². The normalized spacial score (nSPS) is 19.8. The van der Waals surface area contributed by atoms with Crippen molar-refractivity contribution in [3.05, 3.63) is 36.0 Å². The largest absolute Gasteiger partial charge is 0.493 e. The Kier molecular flexibility index (Phi) is 5.51. The van der Waals surface area contributed by atoms with E-state index < -0.39 is 29.7 Å². The highest BCUT2D eigenvalue weighted by atomic mass is 16.5. The van der Waals surface area contributed by atoms with Crippen LogP contribution < -0.4 is 21.1 Å². The number of imide groups is 2. The number of ether oxygens (including phenoxy) is 1. The molecule has 1 saturated heterocycles. The summed E-state index contributed by atoms with van der Waals surface area (Å²) < 4.78 is 5.55. The number of carbonyl (C=O) groups excluding carboxylic acids is 4. The molecule has 1 aromatic carbocycles. The van der Waals surface area contributed by atoms with Crippen LogP contribution in [0.1, 0.15) is 19.3 Å². The third-order valence-corrected chi connectivity index (χ3v) is 4.21. The molecule has 0 bridgehead atoms. The van der Waals surface area contributed by atoms with Crippen LogP contribution in [0.4, 0.5) is 5.69 Å². The highest BCUT2D eigenvalue weighted by Gasteiger charge is 2.42. The molecule has 9 nitrogen and oxygen atoms in total. The average Bonchev–Trinajstić information content (AvgIpc) is 2.90. The molecule has 2 heterocycles. The summed E-state index contributed by atoms with van der Waals surface area (Å²) in [6, 6.07) is 5.96. The quantitative estimate of drug-likeness (QED) is 0.449. The molecule has 9 heteroatoms. The Morgan fingerprint density at radius 3 is 2.81 bits per heavy atom. The summed E-state index contributed by atoms with van der Waals surface area (Å²) in [6.07, 6.45) is 2.07. The maximum absolute atomic E-state index is 12.6. The van der Waals surface area contributed by atoms with Gasteiger partial charge in [-0.15, -0.1) is 0 Å². The van der Waals surface area contributed by atoms with Crippen molar-refractivity contribution in [2.75, 3.05) is 18.5 Å². The van der Waals surface area contributed by atoms with E-state index in [1.54, 1.807) is 24.3 Å². The standard InChI is InChI=1S/C18H20N4O5/c19-7-2-8-27-12-4-1-3-11(9-12)20-13-10-16(24)22(18(13)26)14-5-6-15(23)21-17(14)25/h1,3-4,9-10,14,20H,2,5-8,19H2,(H,21,23,25). The molecule has 1 aromatic rings. The van der Waals surface area contributed by atoms with E-state index in [2.05, 4.69) is 10.6 Å². The van der Waals surface area contributed by atoms with Crippen molar-refractivity contribution in [3.8, 4) is 5.75 Å². The predicted molar refractivity (Wildman–Crippen MR) is 95.3 cm³/mol. The first-order chi connectivity index (χ1) is 13.0. The van der Waals surface area contributed by atoms with Gasteiger partial charge in [-0.3, -0.25) is 29.4 Å². The van der Waals surface area contributed by atoms with Crippen LogP contribution in [0.5, 0.6) is 5.75 Å². The first-order valence-electron chi connectivity index (χ1n) is 8.62. The molecule has 0 radical (unpaired) electrons. The summed E-state index contributed by atoms with van der Waals surface area (Å²) in [7, 11) is 0. The number of hydrogen-bond donors (Lipinski definition) is 3. The molecule has 0 aliphatic carbocycles. The first kappa shape index (κ1) is 18.6. The third kappa shape index (κ3) is 4.14. The highest BCUT2D eigenvalue weighted by Crippen LogP contribution is 2.24. The van der Waals surface area contributed by atoms with Crippen LogP contribution in [-0.4, -0.2) is 47.7 Å². The minimum atomic E-state index is -0.982. The molecule has 4 N–H and O–H groups in total. The number of hydrogen-bond acceptors (Lipinski definition) is 7. The number of rotatable bonds is 7. The maximum Gasteiger partial charge on any atom is 0.278 e. The molecule has 3 rings (SSSR count). The molecule has 2 aliphatic rings. The van der Waals surface area contributed by atoms with Gasteiger partial charge in [0.25, 0.3) is 11.8 Å². The van der Waals surface area contributed by atoms with Crippen LogP contribution in [0.3, 0.4) is 0 Å². The second-order valence-corrected chi connectivity index (χ2v) is 6.18. The molecule has 4 amide bonds. The summed E-state index contributed by atoms with van der Waals surface area (Å²) in [4.78, 5) is 49.0. The van der Waals surface area contributed by atoms with Gasteiger partial charge in [-0.25, -0.2) is 0 Å². The molecule has 1 unspecified atom stereocenters. The topological polar surface area (TPSA) is 131 Å². The van der Waals surface area contributed by atoms with Crippen LogP contribution >= 0.6 is 0 Å². The van der Waals surface area contributed by atoms with Gasteiger partial charge in [0.15, 0.2) is 0 Å². The van der Waals surface area contributed by atoms with E-state index in [1.807, 2.05) is 0 Å². The number of carbonyl (C=O) groups is 4. The lowest BCUT2D eigenvalue weighted by Crippen LogP contribution is -2.54. The SMILES string of the molecule is NCCCOc1cccc(NC2=CC(=O)N(C3CCC(=O)NC3=O)C2=O)c1. The molecule has 0 saturated carbocycles. The van der Waals surface area contributed by atoms with Crippen LogP contribution in [0.25, 0.3) is 0 Å².